The standard InChI is InChI=1S/C22H23F4NO4/c1-2-3-4-5-6-7-12-31-14-10-8-13(9-11-14)27-21(28)15-16(22(29)30)18(24)20(26)19(25)17(15)23/h8-11H,2-7,12H2,1H3,(H,27,28)(H,29,30). The molecule has 2 aromatic carbocycles. The maximum absolute atomic E-state index is 14.0. The van der Waals surface area contributed by atoms with Gasteiger partial charge in [0.25, 0.3) is 5.91 Å². The van der Waals surface area contributed by atoms with Crippen LogP contribution in [0.25, 0.3) is 0 Å². The van der Waals surface area contributed by atoms with Gasteiger partial charge in [-0.15, -0.1) is 0 Å². The first kappa shape index (κ1) is 24.2. The molecule has 0 spiro atoms. The summed E-state index contributed by atoms with van der Waals surface area (Å²) in [5.41, 5.74) is -2.93. The number of hydrogen-bond acceptors (Lipinski definition) is 3. The number of halogens is 4. The highest BCUT2D eigenvalue weighted by Crippen LogP contribution is 2.26. The van der Waals surface area contributed by atoms with Crippen molar-refractivity contribution < 1.29 is 37.0 Å². The van der Waals surface area contributed by atoms with E-state index in [1.54, 1.807) is 0 Å². The molecule has 2 rings (SSSR count). The third-order valence-electron chi connectivity index (χ3n) is 4.59. The number of amides is 1. The van der Waals surface area contributed by atoms with Gasteiger partial charge in [0.05, 0.1) is 12.2 Å². The predicted molar refractivity (Wildman–Crippen MR) is 106 cm³/mol. The summed E-state index contributed by atoms with van der Waals surface area (Å²) in [5, 5.41) is 11.1. The average molecular weight is 441 g/mol. The molecule has 168 valence electrons. The number of hydrogen-bond donors (Lipinski definition) is 2. The molecule has 0 saturated heterocycles. The van der Waals surface area contributed by atoms with Crippen LogP contribution in [0.15, 0.2) is 24.3 Å². The normalized spacial score (nSPS) is 10.7. The minimum absolute atomic E-state index is 0.0952. The molecule has 0 fully saturated rings. The van der Waals surface area contributed by atoms with Crippen molar-refractivity contribution in [2.24, 2.45) is 0 Å². The molecular formula is C22H23F4NO4. The molecule has 31 heavy (non-hydrogen) atoms. The molecule has 0 aliphatic carbocycles. The first-order valence-electron chi connectivity index (χ1n) is 9.91. The molecule has 9 heteroatoms. The molecule has 2 aromatic rings. The second-order valence-corrected chi connectivity index (χ2v) is 6.91. The van der Waals surface area contributed by atoms with Crippen molar-refractivity contribution in [2.75, 3.05) is 11.9 Å². The SMILES string of the molecule is CCCCCCCCOc1ccc(NC(=O)c2c(F)c(F)c(F)c(F)c2C(=O)O)cc1. The maximum atomic E-state index is 14.0. The number of rotatable bonds is 11. The van der Waals surface area contributed by atoms with Crippen LogP contribution >= 0.6 is 0 Å². The molecule has 1 amide bonds. The fourth-order valence-corrected chi connectivity index (χ4v) is 2.95. The Balaban J connectivity index is 2.03. The number of aromatic carboxylic acids is 1. The Morgan fingerprint density at radius 2 is 1.39 bits per heavy atom. The Bertz CT molecular complexity index is 932. The van der Waals surface area contributed by atoms with Crippen LogP contribution in [-0.2, 0) is 0 Å². The lowest BCUT2D eigenvalue weighted by Gasteiger charge is -2.12. The fraction of sp³-hybridized carbons (Fsp3) is 0.364. The van der Waals surface area contributed by atoms with E-state index in [1.165, 1.54) is 43.5 Å². The van der Waals surface area contributed by atoms with Crippen LogP contribution in [-0.4, -0.2) is 23.6 Å². The highest BCUT2D eigenvalue weighted by Gasteiger charge is 2.32. The summed E-state index contributed by atoms with van der Waals surface area (Å²) < 4.78 is 60.2. The summed E-state index contributed by atoms with van der Waals surface area (Å²) in [4.78, 5) is 23.4. The summed E-state index contributed by atoms with van der Waals surface area (Å²) in [7, 11) is 0. The monoisotopic (exact) mass is 441 g/mol. The van der Waals surface area contributed by atoms with E-state index in [9.17, 15) is 27.2 Å². The summed E-state index contributed by atoms with van der Waals surface area (Å²) in [6.07, 6.45) is 6.66. The molecular weight excluding hydrogens is 418 g/mol. The van der Waals surface area contributed by atoms with Crippen molar-refractivity contribution in [3.8, 4) is 5.75 Å². The van der Waals surface area contributed by atoms with E-state index >= 15 is 0 Å². The van der Waals surface area contributed by atoms with Gasteiger partial charge in [-0.1, -0.05) is 39.0 Å². The van der Waals surface area contributed by atoms with Gasteiger partial charge in [-0.3, -0.25) is 4.79 Å². The van der Waals surface area contributed by atoms with Gasteiger partial charge in [0.15, 0.2) is 23.3 Å². The van der Waals surface area contributed by atoms with Crippen molar-refractivity contribution in [1.82, 2.24) is 0 Å². The number of benzene rings is 2. The molecule has 0 aliphatic heterocycles. The highest BCUT2D eigenvalue weighted by atomic mass is 19.2. The Morgan fingerprint density at radius 1 is 0.839 bits per heavy atom. The Kier molecular flexibility index (Phi) is 8.84. The van der Waals surface area contributed by atoms with Gasteiger partial charge in [-0.05, 0) is 30.7 Å². The van der Waals surface area contributed by atoms with E-state index < -0.39 is 46.3 Å². The average Bonchev–Trinajstić information content (AvgIpc) is 2.74. The third kappa shape index (κ3) is 6.19. The van der Waals surface area contributed by atoms with Gasteiger partial charge >= 0.3 is 5.97 Å². The molecule has 0 radical (unpaired) electrons. The minimum atomic E-state index is -2.31. The van der Waals surface area contributed by atoms with E-state index in [0.29, 0.717) is 12.4 Å². The van der Waals surface area contributed by atoms with Gasteiger partial charge in [-0.2, -0.15) is 0 Å². The maximum Gasteiger partial charge on any atom is 0.339 e. The lowest BCUT2D eigenvalue weighted by molar-refractivity contribution is 0.0684. The topological polar surface area (TPSA) is 75.6 Å². The second kappa shape index (κ2) is 11.3. The zero-order chi connectivity index (χ0) is 23.0. The van der Waals surface area contributed by atoms with Gasteiger partial charge in [0.1, 0.15) is 11.3 Å². The molecule has 0 heterocycles. The van der Waals surface area contributed by atoms with E-state index in [-0.39, 0.29) is 5.69 Å². The molecule has 5 nitrogen and oxygen atoms in total. The van der Waals surface area contributed by atoms with Crippen molar-refractivity contribution in [1.29, 1.82) is 0 Å². The fourth-order valence-electron chi connectivity index (χ4n) is 2.95. The number of carboxylic acids is 1. The van der Waals surface area contributed by atoms with E-state index in [1.807, 2.05) is 0 Å². The Labute approximate surface area is 177 Å². The number of anilines is 1. The van der Waals surface area contributed by atoms with Crippen LogP contribution < -0.4 is 10.1 Å². The number of nitrogens with one attached hydrogen (secondary N) is 1. The molecule has 0 aromatic heterocycles. The summed E-state index contributed by atoms with van der Waals surface area (Å²) in [6.45, 7) is 2.66. The summed E-state index contributed by atoms with van der Waals surface area (Å²) >= 11 is 0. The zero-order valence-electron chi connectivity index (χ0n) is 16.9. The van der Waals surface area contributed by atoms with Crippen molar-refractivity contribution >= 4 is 17.6 Å². The molecule has 0 unspecified atom stereocenters. The van der Waals surface area contributed by atoms with Gasteiger partial charge < -0.3 is 15.2 Å². The Hall–Kier alpha value is -3.10. The van der Waals surface area contributed by atoms with E-state index in [4.69, 9.17) is 9.84 Å². The van der Waals surface area contributed by atoms with E-state index in [2.05, 4.69) is 12.2 Å². The minimum Gasteiger partial charge on any atom is -0.494 e. The number of carbonyl (C=O) groups is 2. The van der Waals surface area contributed by atoms with Gasteiger partial charge in [0.2, 0.25) is 0 Å². The smallest absolute Gasteiger partial charge is 0.339 e. The van der Waals surface area contributed by atoms with E-state index in [0.717, 1.165) is 19.3 Å². The largest absolute Gasteiger partial charge is 0.494 e. The van der Waals surface area contributed by atoms with Crippen LogP contribution in [0, 0.1) is 23.3 Å². The second-order valence-electron chi connectivity index (χ2n) is 6.91. The van der Waals surface area contributed by atoms with Crippen molar-refractivity contribution in [2.45, 2.75) is 45.4 Å². The first-order valence-corrected chi connectivity index (χ1v) is 9.91. The van der Waals surface area contributed by atoms with Gasteiger partial charge in [0, 0.05) is 5.69 Å². The van der Waals surface area contributed by atoms with Crippen LogP contribution in [0.1, 0.15) is 66.2 Å². The lowest BCUT2D eigenvalue weighted by atomic mass is 10.0. The molecule has 0 bridgehead atoms. The van der Waals surface area contributed by atoms with Crippen LogP contribution in [0.5, 0.6) is 5.75 Å². The predicted octanol–water partition coefficient (Wildman–Crippen LogP) is 5.93. The van der Waals surface area contributed by atoms with Gasteiger partial charge in [-0.25, -0.2) is 22.4 Å². The Morgan fingerprint density at radius 3 is 1.97 bits per heavy atom. The summed E-state index contributed by atoms with van der Waals surface area (Å²) in [6, 6.07) is 5.83. The number of ether oxygens (including phenoxy) is 1. The number of carbonyl (C=O) groups excluding carboxylic acids is 1. The first-order chi connectivity index (χ1) is 14.8. The molecule has 2 N–H and O–H groups in total. The molecule has 0 saturated carbocycles. The van der Waals surface area contributed by atoms with Crippen LogP contribution in [0.4, 0.5) is 23.2 Å². The quantitative estimate of drug-likeness (QED) is 0.196. The summed E-state index contributed by atoms with van der Waals surface area (Å²) in [5.74, 6) is -11.9. The highest BCUT2D eigenvalue weighted by molar-refractivity contribution is 6.11. The zero-order valence-corrected chi connectivity index (χ0v) is 16.9. The van der Waals surface area contributed by atoms with Crippen molar-refractivity contribution in [3.05, 3.63) is 58.7 Å². The molecule has 0 atom stereocenters. The number of carboxylic acid groups (broad SMARTS) is 1. The molecule has 0 aliphatic rings. The lowest BCUT2D eigenvalue weighted by Crippen LogP contribution is -2.22. The van der Waals surface area contributed by atoms with Crippen LogP contribution in [0.2, 0.25) is 0 Å². The van der Waals surface area contributed by atoms with Crippen LogP contribution in [0.3, 0.4) is 0 Å². The number of unbranched alkanes of at least 4 members (excludes halogenated alkanes) is 5. The third-order valence-corrected chi connectivity index (χ3v) is 4.59. The van der Waals surface area contributed by atoms with Crippen molar-refractivity contribution in [3.63, 3.8) is 0 Å².